The van der Waals surface area contributed by atoms with E-state index in [-0.39, 0.29) is 18.7 Å². The number of hydrogen-bond donors (Lipinski definition) is 2. The molecule has 2 N–H and O–H groups in total. The minimum atomic E-state index is -0.0552. The van der Waals surface area contributed by atoms with E-state index in [2.05, 4.69) is 22.4 Å². The quantitative estimate of drug-likeness (QED) is 0.811. The second kappa shape index (κ2) is 8.26. The first-order valence-electron chi connectivity index (χ1n) is 8.40. The van der Waals surface area contributed by atoms with Crippen LogP contribution in [-0.4, -0.2) is 40.7 Å². The number of rotatable bonds is 7. The number of benzene rings is 1. The van der Waals surface area contributed by atoms with E-state index >= 15 is 0 Å². The van der Waals surface area contributed by atoms with E-state index in [1.54, 1.807) is 16.8 Å². The fourth-order valence-corrected chi connectivity index (χ4v) is 3.85. The molecule has 1 atom stereocenters. The summed E-state index contributed by atoms with van der Waals surface area (Å²) in [5.74, 6) is 0. The minimum absolute atomic E-state index is 0.0552. The Morgan fingerprint density at radius 2 is 2.29 bits per heavy atom. The molecule has 24 heavy (non-hydrogen) atoms. The molecule has 5 nitrogen and oxygen atoms in total. The van der Waals surface area contributed by atoms with E-state index in [0.29, 0.717) is 19.5 Å². The van der Waals surface area contributed by atoms with Gasteiger partial charge in [-0.05, 0) is 30.4 Å². The molecule has 1 unspecified atom stereocenters. The number of hydrogen-bond acceptors (Lipinski definition) is 4. The molecule has 0 spiro atoms. The smallest absolute Gasteiger partial charge is 0.317 e. The van der Waals surface area contributed by atoms with Gasteiger partial charge in [0.15, 0.2) is 0 Å². The molecule has 0 fully saturated rings. The number of aromatic nitrogens is 1. The molecule has 1 aliphatic rings. The highest BCUT2D eigenvalue weighted by Gasteiger charge is 2.30. The van der Waals surface area contributed by atoms with Crippen LogP contribution in [0.25, 0.3) is 0 Å². The number of thiazole rings is 1. The molecule has 0 aliphatic heterocycles. The third kappa shape index (κ3) is 3.94. The number of nitrogens with zero attached hydrogens (tertiary/aromatic N) is 2. The standard InChI is InChI=1S/C18H23N3O2S/c22-11-3-10-21(17-7-6-14-4-1-2-5-16(14)17)18(23)19-9-8-15-12-24-13-20-15/h1-2,4-5,12-13,17,22H,3,6-11H2,(H,19,23). The van der Waals surface area contributed by atoms with Gasteiger partial charge in [0.2, 0.25) is 0 Å². The predicted octanol–water partition coefficient (Wildman–Crippen LogP) is 2.77. The van der Waals surface area contributed by atoms with Gasteiger partial charge in [0.05, 0.1) is 17.2 Å². The molecule has 0 saturated heterocycles. The van der Waals surface area contributed by atoms with Crippen LogP contribution in [0.1, 0.15) is 35.7 Å². The molecule has 6 heteroatoms. The summed E-state index contributed by atoms with van der Waals surface area (Å²) in [6, 6.07) is 8.38. The van der Waals surface area contributed by atoms with Crippen LogP contribution in [0.2, 0.25) is 0 Å². The van der Waals surface area contributed by atoms with Gasteiger partial charge in [-0.1, -0.05) is 24.3 Å². The third-order valence-corrected chi connectivity index (χ3v) is 5.07. The maximum absolute atomic E-state index is 12.7. The van der Waals surface area contributed by atoms with Crippen LogP contribution in [0, 0.1) is 0 Å². The maximum Gasteiger partial charge on any atom is 0.317 e. The Bertz CT molecular complexity index is 660. The van der Waals surface area contributed by atoms with E-state index in [1.165, 1.54) is 11.1 Å². The number of fused-ring (bicyclic) bond motifs is 1. The summed E-state index contributed by atoms with van der Waals surface area (Å²) in [6.07, 6.45) is 3.29. The fourth-order valence-electron chi connectivity index (χ4n) is 3.26. The Labute approximate surface area is 146 Å². The summed E-state index contributed by atoms with van der Waals surface area (Å²) in [4.78, 5) is 18.8. The average molecular weight is 345 g/mol. The number of aliphatic hydroxyl groups excluding tert-OH is 1. The van der Waals surface area contributed by atoms with Gasteiger partial charge >= 0.3 is 6.03 Å². The van der Waals surface area contributed by atoms with Gasteiger partial charge in [-0.25, -0.2) is 9.78 Å². The van der Waals surface area contributed by atoms with Gasteiger partial charge in [-0.15, -0.1) is 11.3 Å². The van der Waals surface area contributed by atoms with Crippen molar-refractivity contribution in [1.82, 2.24) is 15.2 Å². The largest absolute Gasteiger partial charge is 0.396 e. The van der Waals surface area contributed by atoms with Crippen molar-refractivity contribution in [3.63, 3.8) is 0 Å². The van der Waals surface area contributed by atoms with Crippen molar-refractivity contribution in [2.75, 3.05) is 19.7 Å². The van der Waals surface area contributed by atoms with Crippen LogP contribution < -0.4 is 5.32 Å². The summed E-state index contributed by atoms with van der Waals surface area (Å²) in [5.41, 5.74) is 5.38. The molecule has 0 saturated carbocycles. The Balaban J connectivity index is 1.64. The molecule has 128 valence electrons. The first-order chi connectivity index (χ1) is 11.8. The first kappa shape index (κ1) is 16.9. The lowest BCUT2D eigenvalue weighted by Gasteiger charge is -2.30. The Hall–Kier alpha value is -1.92. The van der Waals surface area contributed by atoms with Crippen LogP contribution in [0.15, 0.2) is 35.2 Å². The zero-order valence-electron chi connectivity index (χ0n) is 13.6. The number of nitrogens with one attached hydrogen (secondary N) is 1. The third-order valence-electron chi connectivity index (χ3n) is 4.44. The molecular weight excluding hydrogens is 322 g/mol. The lowest BCUT2D eigenvalue weighted by molar-refractivity contribution is 0.165. The molecular formula is C18H23N3O2S. The summed E-state index contributed by atoms with van der Waals surface area (Å²) in [6.45, 7) is 1.24. The Morgan fingerprint density at radius 3 is 3.08 bits per heavy atom. The van der Waals surface area contributed by atoms with Crippen LogP contribution in [0.5, 0.6) is 0 Å². The van der Waals surface area contributed by atoms with Gasteiger partial charge in [0.1, 0.15) is 0 Å². The molecule has 1 aliphatic carbocycles. The van der Waals surface area contributed by atoms with Crippen LogP contribution in [0.4, 0.5) is 4.79 Å². The van der Waals surface area contributed by atoms with Crippen molar-refractivity contribution in [2.24, 2.45) is 0 Å². The van der Waals surface area contributed by atoms with Crippen molar-refractivity contribution in [1.29, 1.82) is 0 Å². The summed E-state index contributed by atoms with van der Waals surface area (Å²) < 4.78 is 0. The van der Waals surface area contributed by atoms with Gasteiger partial charge in [-0.3, -0.25) is 0 Å². The van der Waals surface area contributed by atoms with E-state index in [4.69, 9.17) is 0 Å². The number of amides is 2. The first-order valence-corrected chi connectivity index (χ1v) is 9.34. The molecule has 2 amide bonds. The SMILES string of the molecule is O=C(NCCc1cscn1)N(CCCO)C1CCc2ccccc21. The second-order valence-electron chi connectivity index (χ2n) is 5.99. The molecule has 1 aromatic heterocycles. The number of carbonyl (C=O) groups is 1. The van der Waals surface area contributed by atoms with Gasteiger partial charge in [0, 0.05) is 31.5 Å². The van der Waals surface area contributed by atoms with E-state index in [1.807, 2.05) is 22.4 Å². The maximum atomic E-state index is 12.7. The Kier molecular flexibility index (Phi) is 5.82. The predicted molar refractivity (Wildman–Crippen MR) is 95.1 cm³/mol. The minimum Gasteiger partial charge on any atom is -0.396 e. The molecule has 1 heterocycles. The molecule has 3 rings (SSSR count). The number of urea groups is 1. The lowest BCUT2D eigenvalue weighted by atomic mass is 10.1. The van der Waals surface area contributed by atoms with Crippen molar-refractivity contribution in [3.8, 4) is 0 Å². The molecule has 0 bridgehead atoms. The number of carbonyl (C=O) groups excluding carboxylic acids is 1. The fraction of sp³-hybridized carbons (Fsp3) is 0.444. The van der Waals surface area contributed by atoms with E-state index in [9.17, 15) is 9.90 Å². The molecule has 1 aromatic carbocycles. The van der Waals surface area contributed by atoms with Crippen molar-refractivity contribution in [2.45, 2.75) is 31.7 Å². The number of aliphatic hydroxyl groups is 1. The van der Waals surface area contributed by atoms with Crippen molar-refractivity contribution >= 4 is 17.4 Å². The second-order valence-corrected chi connectivity index (χ2v) is 6.70. The Morgan fingerprint density at radius 1 is 1.42 bits per heavy atom. The zero-order chi connectivity index (χ0) is 16.8. The van der Waals surface area contributed by atoms with Crippen molar-refractivity contribution < 1.29 is 9.90 Å². The van der Waals surface area contributed by atoms with E-state index < -0.39 is 0 Å². The lowest BCUT2D eigenvalue weighted by Crippen LogP contribution is -2.43. The highest BCUT2D eigenvalue weighted by atomic mass is 32.1. The topological polar surface area (TPSA) is 65.5 Å². The van der Waals surface area contributed by atoms with Crippen LogP contribution in [-0.2, 0) is 12.8 Å². The average Bonchev–Trinajstić information content (AvgIpc) is 3.25. The van der Waals surface area contributed by atoms with Crippen LogP contribution in [0.3, 0.4) is 0 Å². The summed E-state index contributed by atoms with van der Waals surface area (Å²) in [5, 5.41) is 14.2. The van der Waals surface area contributed by atoms with Gasteiger partial charge in [-0.2, -0.15) is 0 Å². The van der Waals surface area contributed by atoms with Crippen LogP contribution >= 0.6 is 11.3 Å². The highest BCUT2D eigenvalue weighted by Crippen LogP contribution is 2.35. The summed E-state index contributed by atoms with van der Waals surface area (Å²) >= 11 is 1.57. The zero-order valence-corrected chi connectivity index (χ0v) is 14.5. The van der Waals surface area contributed by atoms with Gasteiger partial charge in [0.25, 0.3) is 0 Å². The number of aryl methyl sites for hydroxylation is 1. The molecule has 2 aromatic rings. The monoisotopic (exact) mass is 345 g/mol. The highest BCUT2D eigenvalue weighted by molar-refractivity contribution is 7.07. The van der Waals surface area contributed by atoms with Gasteiger partial charge < -0.3 is 15.3 Å². The van der Waals surface area contributed by atoms with E-state index in [0.717, 1.165) is 25.0 Å². The van der Waals surface area contributed by atoms with Crippen molar-refractivity contribution in [3.05, 3.63) is 52.0 Å². The summed E-state index contributed by atoms with van der Waals surface area (Å²) in [7, 11) is 0. The normalized spacial score (nSPS) is 16.0. The molecule has 0 radical (unpaired) electrons.